The van der Waals surface area contributed by atoms with Crippen molar-refractivity contribution in [2.24, 2.45) is 0 Å². The molecular weight excluding hydrogens is 540 g/mol. The minimum absolute atomic E-state index is 0.0399. The van der Waals surface area contributed by atoms with Gasteiger partial charge in [0.25, 0.3) is 5.56 Å². The molecule has 0 unspecified atom stereocenters. The lowest BCUT2D eigenvalue weighted by Gasteiger charge is -2.30. The maximum absolute atomic E-state index is 15.4. The highest BCUT2D eigenvalue weighted by Gasteiger charge is 2.30. The van der Waals surface area contributed by atoms with Gasteiger partial charge in [0.05, 0.1) is 17.8 Å². The second kappa shape index (κ2) is 10.1. The lowest BCUT2D eigenvalue weighted by atomic mass is 10.0. The van der Waals surface area contributed by atoms with Crippen LogP contribution in [0.25, 0.3) is 16.8 Å². The minimum Gasteiger partial charge on any atom is -0.495 e. The summed E-state index contributed by atoms with van der Waals surface area (Å²) in [6, 6.07) is 12.5. The van der Waals surface area contributed by atoms with Crippen LogP contribution in [0.3, 0.4) is 0 Å². The molecule has 4 aromatic rings. The van der Waals surface area contributed by atoms with Crippen molar-refractivity contribution >= 4 is 27.6 Å². The molecule has 0 amide bonds. The van der Waals surface area contributed by atoms with Gasteiger partial charge in [-0.25, -0.2) is 8.78 Å². The number of halogens is 3. The van der Waals surface area contributed by atoms with Gasteiger partial charge in [-0.05, 0) is 29.8 Å². The van der Waals surface area contributed by atoms with Crippen molar-refractivity contribution in [3.63, 3.8) is 0 Å². The molecule has 13 heteroatoms. The normalized spacial score (nSPS) is 13.7. The molecule has 2 aromatic carbocycles. The topological polar surface area (TPSA) is 106 Å². The number of nitrogens with one attached hydrogen (secondary N) is 1. The Bertz CT molecular complexity index is 1700. The van der Waals surface area contributed by atoms with Gasteiger partial charge in [-0.1, -0.05) is 29.8 Å². The molecule has 0 fully saturated rings. The number of methoxy groups -OCH3 is 1. The Labute approximate surface area is 221 Å². The molecule has 0 aliphatic carbocycles. The van der Waals surface area contributed by atoms with E-state index in [1.165, 1.54) is 64.6 Å². The Morgan fingerprint density at radius 3 is 2.63 bits per heavy atom. The Balaban J connectivity index is 1.54. The molecule has 1 aliphatic heterocycles. The summed E-state index contributed by atoms with van der Waals surface area (Å²) in [6.45, 7) is 0.00444. The third kappa shape index (κ3) is 4.73. The van der Waals surface area contributed by atoms with E-state index in [1.54, 1.807) is 6.07 Å². The summed E-state index contributed by atoms with van der Waals surface area (Å²) in [4.78, 5) is 13.0. The van der Waals surface area contributed by atoms with Crippen LogP contribution in [0.15, 0.2) is 65.6 Å². The summed E-state index contributed by atoms with van der Waals surface area (Å²) in [7, 11) is -2.62. The summed E-state index contributed by atoms with van der Waals surface area (Å²) < 4.78 is 66.2. The van der Waals surface area contributed by atoms with Gasteiger partial charge in [0, 0.05) is 54.7 Å². The second-order valence-corrected chi connectivity index (χ2v) is 10.5. The SMILES string of the molecule is COc1cc(-c2cccc(Cl)c2F)c(F)cc1-n1c2c(ccc1=O)CN(S(=O)(=O)Nc1cccnn1)CC2. The Morgan fingerprint density at radius 2 is 1.89 bits per heavy atom. The molecule has 5 rings (SSSR count). The molecule has 196 valence electrons. The van der Waals surface area contributed by atoms with Gasteiger partial charge in [-0.15, -0.1) is 5.10 Å². The van der Waals surface area contributed by atoms with Crippen molar-refractivity contribution < 1.29 is 21.9 Å². The van der Waals surface area contributed by atoms with E-state index in [4.69, 9.17) is 16.3 Å². The van der Waals surface area contributed by atoms with E-state index in [9.17, 15) is 17.6 Å². The third-order valence-electron chi connectivity index (χ3n) is 6.13. The van der Waals surface area contributed by atoms with E-state index in [2.05, 4.69) is 14.9 Å². The summed E-state index contributed by atoms with van der Waals surface area (Å²) in [5, 5.41) is 7.24. The van der Waals surface area contributed by atoms with Crippen LogP contribution in [0.5, 0.6) is 5.75 Å². The van der Waals surface area contributed by atoms with Gasteiger partial charge < -0.3 is 4.74 Å². The van der Waals surface area contributed by atoms with Crippen LogP contribution in [-0.2, 0) is 23.2 Å². The minimum atomic E-state index is -3.97. The molecule has 3 heterocycles. The maximum Gasteiger partial charge on any atom is 0.303 e. The lowest BCUT2D eigenvalue weighted by molar-refractivity contribution is 0.385. The van der Waals surface area contributed by atoms with E-state index in [-0.39, 0.29) is 52.9 Å². The average molecular weight is 560 g/mol. The van der Waals surface area contributed by atoms with E-state index < -0.39 is 27.4 Å². The Hall–Kier alpha value is -3.87. The fourth-order valence-electron chi connectivity index (χ4n) is 4.36. The molecule has 1 aliphatic rings. The van der Waals surface area contributed by atoms with Gasteiger partial charge in [-0.2, -0.15) is 17.8 Å². The highest BCUT2D eigenvalue weighted by atomic mass is 35.5. The van der Waals surface area contributed by atoms with Crippen LogP contribution in [-0.4, -0.2) is 41.1 Å². The van der Waals surface area contributed by atoms with Gasteiger partial charge in [-0.3, -0.25) is 14.1 Å². The molecule has 0 atom stereocenters. The number of ether oxygens (including phenoxy) is 1. The monoisotopic (exact) mass is 559 g/mol. The van der Waals surface area contributed by atoms with Crippen LogP contribution in [0.1, 0.15) is 11.3 Å². The molecule has 1 N–H and O–H groups in total. The molecule has 38 heavy (non-hydrogen) atoms. The molecule has 9 nitrogen and oxygen atoms in total. The smallest absolute Gasteiger partial charge is 0.303 e. The van der Waals surface area contributed by atoms with Gasteiger partial charge >= 0.3 is 10.2 Å². The van der Waals surface area contributed by atoms with E-state index in [0.29, 0.717) is 11.3 Å². The second-order valence-electron chi connectivity index (χ2n) is 8.38. The number of fused-ring (bicyclic) bond motifs is 1. The van der Waals surface area contributed by atoms with E-state index in [0.717, 1.165) is 6.07 Å². The maximum atomic E-state index is 15.4. The van der Waals surface area contributed by atoms with Crippen LogP contribution < -0.4 is 15.0 Å². The van der Waals surface area contributed by atoms with Crippen molar-refractivity contribution in [1.82, 2.24) is 19.1 Å². The fraction of sp³-hybridized carbons (Fsp3) is 0.160. The lowest BCUT2D eigenvalue weighted by Crippen LogP contribution is -2.41. The van der Waals surface area contributed by atoms with Crippen LogP contribution in [0.2, 0.25) is 5.02 Å². The zero-order valence-electron chi connectivity index (χ0n) is 19.9. The summed E-state index contributed by atoms with van der Waals surface area (Å²) in [6.07, 6.45) is 1.57. The number of hydrogen-bond acceptors (Lipinski definition) is 6. The van der Waals surface area contributed by atoms with Crippen molar-refractivity contribution in [1.29, 1.82) is 0 Å². The highest BCUT2D eigenvalue weighted by Crippen LogP contribution is 2.36. The molecule has 0 radical (unpaired) electrons. The predicted molar refractivity (Wildman–Crippen MR) is 138 cm³/mol. The van der Waals surface area contributed by atoms with Crippen molar-refractivity contribution in [2.45, 2.75) is 13.0 Å². The first-order valence-corrected chi connectivity index (χ1v) is 13.1. The van der Waals surface area contributed by atoms with Gasteiger partial charge in [0.1, 0.15) is 17.4 Å². The molecule has 0 spiro atoms. The standard InChI is InChI=1S/C25H20ClF2N5O4S/c1-37-22-12-17(16-4-2-5-18(26)25(16)28)19(27)13-21(22)33-20-9-11-32(14-15(20)7-8-24(33)34)38(35,36)31-23-6-3-10-29-30-23/h2-8,10,12-13H,9,11,14H2,1H3,(H,30,31). The number of aromatic nitrogens is 3. The Kier molecular flexibility index (Phi) is 6.86. The predicted octanol–water partition coefficient (Wildman–Crippen LogP) is 3.95. The molecule has 0 bridgehead atoms. The first-order chi connectivity index (χ1) is 18.2. The summed E-state index contributed by atoms with van der Waals surface area (Å²) in [5.74, 6) is -1.39. The van der Waals surface area contributed by atoms with E-state index in [1.807, 2.05) is 0 Å². The van der Waals surface area contributed by atoms with Gasteiger partial charge in [0.15, 0.2) is 5.82 Å². The van der Waals surface area contributed by atoms with Crippen LogP contribution in [0, 0.1) is 11.6 Å². The summed E-state index contributed by atoms with van der Waals surface area (Å²) in [5.41, 5.74) is 0.550. The zero-order valence-corrected chi connectivity index (χ0v) is 21.4. The van der Waals surface area contributed by atoms with Crippen LogP contribution in [0.4, 0.5) is 14.6 Å². The van der Waals surface area contributed by atoms with Crippen molar-refractivity contribution in [3.8, 4) is 22.6 Å². The van der Waals surface area contributed by atoms with Gasteiger partial charge in [0.2, 0.25) is 0 Å². The number of pyridine rings is 1. The fourth-order valence-corrected chi connectivity index (χ4v) is 5.67. The first kappa shape index (κ1) is 25.8. The first-order valence-electron chi connectivity index (χ1n) is 11.3. The zero-order chi connectivity index (χ0) is 27.0. The molecule has 0 saturated heterocycles. The van der Waals surface area contributed by atoms with Crippen molar-refractivity contribution in [2.75, 3.05) is 18.4 Å². The molecular formula is C25H20ClF2N5O4S. The molecule has 0 saturated carbocycles. The number of rotatable bonds is 6. The van der Waals surface area contributed by atoms with Crippen molar-refractivity contribution in [3.05, 3.63) is 99.1 Å². The number of anilines is 1. The quantitative estimate of drug-likeness (QED) is 0.383. The number of nitrogens with zero attached hydrogens (tertiary/aromatic N) is 4. The van der Waals surface area contributed by atoms with E-state index >= 15 is 4.39 Å². The summed E-state index contributed by atoms with van der Waals surface area (Å²) >= 11 is 5.87. The third-order valence-corrected chi connectivity index (χ3v) is 7.88. The largest absolute Gasteiger partial charge is 0.495 e. The Morgan fingerprint density at radius 1 is 1.08 bits per heavy atom. The average Bonchev–Trinajstić information content (AvgIpc) is 2.90. The number of benzene rings is 2. The highest BCUT2D eigenvalue weighted by molar-refractivity contribution is 7.90. The molecule has 2 aromatic heterocycles. The van der Waals surface area contributed by atoms with Crippen LogP contribution >= 0.6 is 11.6 Å². The number of hydrogen-bond donors (Lipinski definition) is 1.